The number of esters is 1. The minimum Gasteiger partial charge on any atom is -0.435 e. The van der Waals surface area contributed by atoms with Gasteiger partial charge in [-0.2, -0.15) is 0 Å². The number of hydrogen-bond acceptors (Lipinski definition) is 3. The van der Waals surface area contributed by atoms with Crippen LogP contribution in [0.3, 0.4) is 0 Å². The number of methoxy groups -OCH3 is 1. The van der Waals surface area contributed by atoms with Gasteiger partial charge in [0.2, 0.25) is 6.29 Å². The normalized spacial score (nSPS) is 13.9. The summed E-state index contributed by atoms with van der Waals surface area (Å²) in [5, 5.41) is 0. The van der Waals surface area contributed by atoms with Crippen molar-refractivity contribution in [2.24, 2.45) is 11.3 Å². The van der Waals surface area contributed by atoms with Crippen molar-refractivity contribution in [2.45, 2.75) is 60.2 Å². The van der Waals surface area contributed by atoms with E-state index in [1.54, 1.807) is 7.11 Å². The van der Waals surface area contributed by atoms with Crippen molar-refractivity contribution in [3.63, 3.8) is 0 Å². The number of carbonyl (C=O) groups is 1. The summed E-state index contributed by atoms with van der Waals surface area (Å²) >= 11 is 0. The molecule has 0 N–H and O–H groups in total. The molecule has 0 spiro atoms. The Morgan fingerprint density at radius 1 is 1.19 bits per heavy atom. The molecule has 0 aromatic carbocycles. The van der Waals surface area contributed by atoms with Crippen LogP contribution in [0.2, 0.25) is 0 Å². The van der Waals surface area contributed by atoms with E-state index in [-0.39, 0.29) is 11.9 Å². The first kappa shape index (κ1) is 15.4. The third kappa shape index (κ3) is 4.12. The first-order valence-corrected chi connectivity index (χ1v) is 6.16. The van der Waals surface area contributed by atoms with Gasteiger partial charge >= 0.3 is 5.97 Å². The zero-order chi connectivity index (χ0) is 12.8. The maximum Gasteiger partial charge on any atom is 0.313 e. The third-order valence-corrected chi connectivity index (χ3v) is 3.33. The van der Waals surface area contributed by atoms with Gasteiger partial charge in [-0.1, -0.05) is 20.8 Å². The Hall–Kier alpha value is -0.570. The van der Waals surface area contributed by atoms with E-state index in [0.29, 0.717) is 0 Å². The Balaban J connectivity index is 4.49. The number of ether oxygens (including phenoxy) is 2. The minimum atomic E-state index is -0.428. The quantitative estimate of drug-likeness (QED) is 0.497. The van der Waals surface area contributed by atoms with Crippen molar-refractivity contribution in [2.75, 3.05) is 7.11 Å². The van der Waals surface area contributed by atoms with Crippen molar-refractivity contribution >= 4 is 5.97 Å². The lowest BCUT2D eigenvalue weighted by Gasteiger charge is -2.28. The van der Waals surface area contributed by atoms with Crippen LogP contribution in [-0.2, 0) is 14.3 Å². The second kappa shape index (κ2) is 6.89. The average molecular weight is 230 g/mol. The molecule has 0 aromatic heterocycles. The Morgan fingerprint density at radius 3 is 2.00 bits per heavy atom. The predicted octanol–water partition coefficient (Wildman–Crippen LogP) is 3.37. The monoisotopic (exact) mass is 230 g/mol. The lowest BCUT2D eigenvalue weighted by atomic mass is 9.90. The zero-order valence-corrected chi connectivity index (χ0v) is 11.5. The summed E-state index contributed by atoms with van der Waals surface area (Å²) in [5.74, 6) is 0.107. The van der Waals surface area contributed by atoms with Gasteiger partial charge in [-0.15, -0.1) is 0 Å². The van der Waals surface area contributed by atoms with Gasteiger partial charge in [0.25, 0.3) is 0 Å². The molecule has 96 valence electrons. The van der Waals surface area contributed by atoms with Crippen LogP contribution in [0.5, 0.6) is 0 Å². The van der Waals surface area contributed by atoms with E-state index in [9.17, 15) is 4.79 Å². The first-order chi connectivity index (χ1) is 7.42. The highest BCUT2D eigenvalue weighted by Gasteiger charge is 2.31. The summed E-state index contributed by atoms with van der Waals surface area (Å²) in [6, 6.07) is 0. The maximum absolute atomic E-state index is 11.9. The Morgan fingerprint density at radius 2 is 1.69 bits per heavy atom. The molecule has 0 saturated heterocycles. The number of rotatable bonds is 7. The summed E-state index contributed by atoms with van der Waals surface area (Å²) < 4.78 is 10.7. The molecule has 16 heavy (non-hydrogen) atoms. The lowest BCUT2D eigenvalue weighted by molar-refractivity contribution is -0.194. The smallest absolute Gasteiger partial charge is 0.313 e. The van der Waals surface area contributed by atoms with E-state index in [1.165, 1.54) is 0 Å². The Kier molecular flexibility index (Phi) is 6.65. The summed E-state index contributed by atoms with van der Waals surface area (Å²) in [7, 11) is 1.59. The van der Waals surface area contributed by atoms with Crippen LogP contribution < -0.4 is 0 Å². The molecule has 0 aliphatic rings. The van der Waals surface area contributed by atoms with Crippen LogP contribution in [0.4, 0.5) is 0 Å². The summed E-state index contributed by atoms with van der Waals surface area (Å²) in [4.78, 5) is 11.9. The van der Waals surface area contributed by atoms with Gasteiger partial charge in [0.05, 0.1) is 5.41 Å². The predicted molar refractivity (Wildman–Crippen MR) is 65.0 cm³/mol. The van der Waals surface area contributed by atoms with Crippen molar-refractivity contribution in [1.29, 1.82) is 0 Å². The fourth-order valence-corrected chi connectivity index (χ4v) is 1.42. The number of hydrogen-bond donors (Lipinski definition) is 0. The third-order valence-electron chi connectivity index (χ3n) is 3.33. The van der Waals surface area contributed by atoms with Gasteiger partial charge in [-0.25, -0.2) is 0 Å². The molecule has 0 bridgehead atoms. The second-order valence-corrected chi connectivity index (χ2v) is 4.82. The topological polar surface area (TPSA) is 35.5 Å². The standard InChI is InChI=1S/C13H26O3/c1-7-10(8-2)11(15-6)16-12(14)13(4,5)9-3/h10-11H,7-9H2,1-6H3. The van der Waals surface area contributed by atoms with E-state index in [2.05, 4.69) is 13.8 Å². The van der Waals surface area contributed by atoms with Crippen LogP contribution in [-0.4, -0.2) is 19.4 Å². The molecule has 0 rings (SSSR count). The molecule has 0 fully saturated rings. The molecular formula is C13H26O3. The second-order valence-electron chi connectivity index (χ2n) is 4.82. The van der Waals surface area contributed by atoms with Gasteiger partial charge in [0.1, 0.15) is 0 Å². The zero-order valence-electron chi connectivity index (χ0n) is 11.5. The van der Waals surface area contributed by atoms with Crippen molar-refractivity contribution in [3.8, 4) is 0 Å². The van der Waals surface area contributed by atoms with Crippen molar-refractivity contribution in [1.82, 2.24) is 0 Å². The van der Waals surface area contributed by atoms with E-state index in [4.69, 9.17) is 9.47 Å². The SMILES string of the molecule is CCC(CC)C(OC)OC(=O)C(C)(C)CC. The fraction of sp³-hybridized carbons (Fsp3) is 0.923. The van der Waals surface area contributed by atoms with Crippen LogP contribution in [0.15, 0.2) is 0 Å². The van der Waals surface area contributed by atoms with Crippen molar-refractivity contribution < 1.29 is 14.3 Å². The van der Waals surface area contributed by atoms with Crippen LogP contribution in [0, 0.1) is 11.3 Å². The van der Waals surface area contributed by atoms with Crippen molar-refractivity contribution in [3.05, 3.63) is 0 Å². The molecule has 0 heterocycles. The molecule has 0 aliphatic carbocycles. The summed E-state index contributed by atoms with van der Waals surface area (Å²) in [6.07, 6.45) is 2.27. The van der Waals surface area contributed by atoms with E-state index in [0.717, 1.165) is 19.3 Å². The molecule has 1 unspecified atom stereocenters. The van der Waals surface area contributed by atoms with E-state index >= 15 is 0 Å². The molecule has 3 nitrogen and oxygen atoms in total. The van der Waals surface area contributed by atoms with Gasteiger partial charge in [-0.05, 0) is 33.1 Å². The highest BCUT2D eigenvalue weighted by Crippen LogP contribution is 2.25. The highest BCUT2D eigenvalue weighted by molar-refractivity contribution is 5.75. The molecular weight excluding hydrogens is 204 g/mol. The number of carbonyl (C=O) groups excluding carboxylic acids is 1. The first-order valence-electron chi connectivity index (χ1n) is 6.16. The van der Waals surface area contributed by atoms with Crippen LogP contribution in [0.1, 0.15) is 53.9 Å². The van der Waals surface area contributed by atoms with Crippen LogP contribution in [0.25, 0.3) is 0 Å². The molecule has 3 heteroatoms. The molecule has 0 aromatic rings. The molecule has 0 aliphatic heterocycles. The van der Waals surface area contributed by atoms with E-state index < -0.39 is 11.7 Å². The Bertz CT molecular complexity index is 207. The highest BCUT2D eigenvalue weighted by atomic mass is 16.7. The lowest BCUT2D eigenvalue weighted by Crippen LogP contribution is -2.34. The molecule has 0 saturated carbocycles. The average Bonchev–Trinajstić information content (AvgIpc) is 2.28. The molecule has 1 atom stereocenters. The molecule has 0 amide bonds. The van der Waals surface area contributed by atoms with E-state index in [1.807, 2.05) is 20.8 Å². The van der Waals surface area contributed by atoms with Gasteiger partial charge in [0.15, 0.2) is 0 Å². The summed E-state index contributed by atoms with van der Waals surface area (Å²) in [6.45, 7) is 9.95. The minimum absolute atomic E-state index is 0.172. The van der Waals surface area contributed by atoms with Gasteiger partial charge < -0.3 is 9.47 Å². The molecule has 0 radical (unpaired) electrons. The van der Waals surface area contributed by atoms with Gasteiger partial charge in [-0.3, -0.25) is 4.79 Å². The summed E-state index contributed by atoms with van der Waals surface area (Å²) in [5.41, 5.74) is -0.428. The maximum atomic E-state index is 11.9. The van der Waals surface area contributed by atoms with Crippen LogP contribution >= 0.6 is 0 Å². The largest absolute Gasteiger partial charge is 0.435 e. The Labute approximate surface area is 99.5 Å². The fourth-order valence-electron chi connectivity index (χ4n) is 1.42. The van der Waals surface area contributed by atoms with Gasteiger partial charge in [0, 0.05) is 13.0 Å².